The third-order valence-electron chi connectivity index (χ3n) is 5.23. The van der Waals surface area contributed by atoms with Gasteiger partial charge in [-0.25, -0.2) is 4.39 Å². The van der Waals surface area contributed by atoms with E-state index in [1.165, 1.54) is 12.3 Å². The van der Waals surface area contributed by atoms with Gasteiger partial charge in [0.25, 0.3) is 0 Å². The fourth-order valence-electron chi connectivity index (χ4n) is 3.75. The number of nitrogens with zero attached hydrogens (tertiary/aromatic N) is 2. The molecule has 1 aromatic rings. The van der Waals surface area contributed by atoms with Crippen LogP contribution >= 0.6 is 0 Å². The van der Waals surface area contributed by atoms with Crippen LogP contribution < -0.4 is 0 Å². The van der Waals surface area contributed by atoms with Gasteiger partial charge in [-0.15, -0.1) is 0 Å². The molecule has 0 bridgehead atoms. The summed E-state index contributed by atoms with van der Waals surface area (Å²) in [6, 6.07) is 3.55. The van der Waals surface area contributed by atoms with Gasteiger partial charge in [0.15, 0.2) is 0 Å². The summed E-state index contributed by atoms with van der Waals surface area (Å²) < 4.78 is 24.2. The molecule has 0 radical (unpaired) electrons. The Morgan fingerprint density at radius 1 is 1.36 bits per heavy atom. The molecule has 3 heterocycles. The van der Waals surface area contributed by atoms with E-state index in [-0.39, 0.29) is 23.6 Å². The minimum atomic E-state index is -0.356. The number of rotatable bonds is 6. The Labute approximate surface area is 148 Å². The monoisotopic (exact) mass is 350 g/mol. The second-order valence-electron chi connectivity index (χ2n) is 6.93. The molecule has 6 heteroatoms. The maximum absolute atomic E-state index is 13.2. The fourth-order valence-corrected chi connectivity index (χ4v) is 3.75. The molecule has 1 aromatic heterocycles. The van der Waals surface area contributed by atoms with Crippen LogP contribution in [0, 0.1) is 11.7 Å². The normalized spacial score (nSPS) is 25.2. The minimum Gasteiger partial charge on any atom is -0.465 e. The highest BCUT2D eigenvalue weighted by Crippen LogP contribution is 2.35. The highest BCUT2D eigenvalue weighted by atomic mass is 19.1. The van der Waals surface area contributed by atoms with E-state index < -0.39 is 0 Å². The highest BCUT2D eigenvalue weighted by Gasteiger charge is 2.42. The molecule has 2 atom stereocenters. The number of esters is 1. The van der Waals surface area contributed by atoms with Crippen LogP contribution in [-0.4, -0.2) is 54.8 Å². The summed E-state index contributed by atoms with van der Waals surface area (Å²) in [6.07, 6.45) is 5.07. The highest BCUT2D eigenvalue weighted by molar-refractivity contribution is 5.74. The molecule has 5 nitrogen and oxygen atoms in total. The van der Waals surface area contributed by atoms with Gasteiger partial charge in [-0.05, 0) is 31.4 Å². The number of likely N-dealkylation sites (tertiary alicyclic amines) is 1. The summed E-state index contributed by atoms with van der Waals surface area (Å²) in [4.78, 5) is 19.2. The molecule has 0 amide bonds. The number of carbonyl (C=O) groups excluding carboxylic acids is 1. The topological polar surface area (TPSA) is 51.7 Å². The van der Waals surface area contributed by atoms with Gasteiger partial charge in [0.05, 0.1) is 18.7 Å². The second-order valence-corrected chi connectivity index (χ2v) is 6.93. The first-order valence-corrected chi connectivity index (χ1v) is 9.29. The molecule has 0 spiro atoms. The van der Waals surface area contributed by atoms with Crippen molar-refractivity contribution in [3.63, 3.8) is 0 Å². The summed E-state index contributed by atoms with van der Waals surface area (Å²) in [5.74, 6) is -0.792. The Bertz CT molecular complexity index is 560. The van der Waals surface area contributed by atoms with Crippen LogP contribution in [0.2, 0.25) is 0 Å². The van der Waals surface area contributed by atoms with Gasteiger partial charge in [0, 0.05) is 44.0 Å². The van der Waals surface area contributed by atoms with Crippen LogP contribution in [0.3, 0.4) is 0 Å². The van der Waals surface area contributed by atoms with Gasteiger partial charge in [0.2, 0.25) is 0 Å². The second kappa shape index (κ2) is 8.72. The lowest BCUT2D eigenvalue weighted by atomic mass is 9.92. The van der Waals surface area contributed by atoms with Crippen molar-refractivity contribution >= 4 is 5.97 Å². The standard InChI is InChI=1S/C19H27FN2O3/c1-2-3-8-25-19(23)17-13-22(15-6-9-24-10-7-15)12-16(17)18-5-4-14(20)11-21-18/h4-5,11,15-17H,2-3,6-10,12-13H2,1H3/t16-,17-/m0/s1. The lowest BCUT2D eigenvalue weighted by molar-refractivity contribution is -0.148. The zero-order valence-corrected chi connectivity index (χ0v) is 14.8. The van der Waals surface area contributed by atoms with E-state index in [4.69, 9.17) is 9.47 Å². The number of halogens is 1. The average Bonchev–Trinajstić information content (AvgIpc) is 3.09. The summed E-state index contributed by atoms with van der Waals surface area (Å²) in [5, 5.41) is 0. The van der Waals surface area contributed by atoms with Crippen molar-refractivity contribution in [2.45, 2.75) is 44.6 Å². The lowest BCUT2D eigenvalue weighted by Gasteiger charge is -2.31. The van der Waals surface area contributed by atoms with Crippen molar-refractivity contribution in [2.24, 2.45) is 5.92 Å². The molecule has 0 N–H and O–H groups in total. The molecule has 2 fully saturated rings. The van der Waals surface area contributed by atoms with Gasteiger partial charge in [-0.3, -0.25) is 14.7 Å². The molecule has 2 aliphatic rings. The average molecular weight is 350 g/mol. The van der Waals surface area contributed by atoms with Crippen molar-refractivity contribution in [3.05, 3.63) is 29.8 Å². The zero-order valence-electron chi connectivity index (χ0n) is 14.8. The molecule has 0 saturated carbocycles. The van der Waals surface area contributed by atoms with Gasteiger partial charge < -0.3 is 9.47 Å². The molecule has 0 aliphatic carbocycles. The number of carbonyl (C=O) groups is 1. The van der Waals surface area contributed by atoms with E-state index in [9.17, 15) is 9.18 Å². The quantitative estimate of drug-likeness (QED) is 0.583. The molecule has 3 rings (SSSR count). The SMILES string of the molecule is CCCCOC(=O)[C@H]1CN(C2CCOCC2)C[C@@H]1c1ccc(F)cn1. The van der Waals surface area contributed by atoms with Gasteiger partial charge in [-0.1, -0.05) is 13.3 Å². The smallest absolute Gasteiger partial charge is 0.310 e. The van der Waals surface area contributed by atoms with Gasteiger partial charge in [-0.2, -0.15) is 0 Å². The molecule has 25 heavy (non-hydrogen) atoms. The molecule has 0 aromatic carbocycles. The number of unbranched alkanes of at least 4 members (excludes halogenated alkanes) is 1. The van der Waals surface area contributed by atoms with Crippen molar-refractivity contribution < 1.29 is 18.7 Å². The van der Waals surface area contributed by atoms with Crippen LogP contribution in [-0.2, 0) is 14.3 Å². The number of ether oxygens (including phenoxy) is 2. The Morgan fingerprint density at radius 2 is 2.16 bits per heavy atom. The maximum atomic E-state index is 13.2. The Hall–Kier alpha value is -1.53. The fraction of sp³-hybridized carbons (Fsp3) is 0.684. The first kappa shape index (κ1) is 18.3. The summed E-state index contributed by atoms with van der Waals surface area (Å²) in [7, 11) is 0. The number of hydrogen-bond donors (Lipinski definition) is 0. The van der Waals surface area contributed by atoms with Crippen LogP contribution in [0.5, 0.6) is 0 Å². The largest absolute Gasteiger partial charge is 0.465 e. The Kier molecular flexibility index (Phi) is 6.37. The Balaban J connectivity index is 1.73. The number of pyridine rings is 1. The zero-order chi connectivity index (χ0) is 17.6. The molecule has 0 unspecified atom stereocenters. The predicted molar refractivity (Wildman–Crippen MR) is 91.7 cm³/mol. The third kappa shape index (κ3) is 4.55. The minimum absolute atomic E-state index is 0.0439. The van der Waals surface area contributed by atoms with Crippen molar-refractivity contribution in [1.82, 2.24) is 9.88 Å². The summed E-state index contributed by atoms with van der Waals surface area (Å²) >= 11 is 0. The van der Waals surface area contributed by atoms with E-state index >= 15 is 0 Å². The summed E-state index contributed by atoms with van der Waals surface area (Å²) in [5.41, 5.74) is 0.772. The van der Waals surface area contributed by atoms with Crippen LogP contribution in [0.1, 0.15) is 44.2 Å². The molecule has 2 saturated heterocycles. The van der Waals surface area contributed by atoms with Crippen molar-refractivity contribution in [1.29, 1.82) is 0 Å². The third-order valence-corrected chi connectivity index (χ3v) is 5.23. The molecular weight excluding hydrogens is 323 g/mol. The molecule has 138 valence electrons. The number of hydrogen-bond acceptors (Lipinski definition) is 5. The van der Waals surface area contributed by atoms with E-state index in [2.05, 4.69) is 16.8 Å². The van der Waals surface area contributed by atoms with Crippen molar-refractivity contribution in [3.8, 4) is 0 Å². The van der Waals surface area contributed by atoms with Gasteiger partial charge in [0.1, 0.15) is 5.82 Å². The van der Waals surface area contributed by atoms with Crippen LogP contribution in [0.15, 0.2) is 18.3 Å². The van der Waals surface area contributed by atoms with Crippen LogP contribution in [0.4, 0.5) is 4.39 Å². The first-order valence-electron chi connectivity index (χ1n) is 9.29. The van der Waals surface area contributed by atoms with E-state index in [1.807, 2.05) is 0 Å². The molecular formula is C19H27FN2O3. The molecule has 2 aliphatic heterocycles. The van der Waals surface area contributed by atoms with E-state index in [0.717, 1.165) is 51.1 Å². The predicted octanol–water partition coefficient (Wildman–Crippen LogP) is 2.76. The van der Waals surface area contributed by atoms with Crippen molar-refractivity contribution in [2.75, 3.05) is 32.9 Å². The Morgan fingerprint density at radius 3 is 2.84 bits per heavy atom. The first-order chi connectivity index (χ1) is 12.2. The van der Waals surface area contributed by atoms with Gasteiger partial charge >= 0.3 is 5.97 Å². The number of aromatic nitrogens is 1. The van der Waals surface area contributed by atoms with E-state index in [1.54, 1.807) is 6.07 Å². The lowest BCUT2D eigenvalue weighted by Crippen LogP contribution is -2.38. The van der Waals surface area contributed by atoms with E-state index in [0.29, 0.717) is 19.2 Å². The summed E-state index contributed by atoms with van der Waals surface area (Å²) in [6.45, 7) is 5.52. The van der Waals surface area contributed by atoms with Crippen LogP contribution in [0.25, 0.3) is 0 Å². The maximum Gasteiger partial charge on any atom is 0.310 e.